The number of hydrogen-bond acceptors (Lipinski definition) is 5. The maximum atomic E-state index is 13.2. The number of esters is 1. The van der Waals surface area contributed by atoms with Gasteiger partial charge >= 0.3 is 5.97 Å². The van der Waals surface area contributed by atoms with Crippen LogP contribution < -0.4 is 5.32 Å². The topological polar surface area (TPSA) is 95.9 Å². The van der Waals surface area contributed by atoms with Crippen LogP contribution in [0.4, 0.5) is 0 Å². The van der Waals surface area contributed by atoms with E-state index >= 15 is 0 Å². The molecule has 0 aromatic heterocycles. The first-order chi connectivity index (χ1) is 31.0. The highest BCUT2D eigenvalue weighted by Crippen LogP contribution is 2.17. The highest BCUT2D eigenvalue weighted by atomic mass is 16.5. The molecule has 6 nitrogen and oxygen atoms in total. The molecule has 0 aliphatic heterocycles. The first-order valence-corrected chi connectivity index (χ1v) is 26.3. The van der Waals surface area contributed by atoms with Crippen molar-refractivity contribution in [3.63, 3.8) is 0 Å². The second-order valence-corrected chi connectivity index (χ2v) is 17.6. The van der Waals surface area contributed by atoms with Gasteiger partial charge in [0.2, 0.25) is 5.91 Å². The van der Waals surface area contributed by atoms with E-state index in [0.717, 1.165) is 103 Å². The van der Waals surface area contributed by atoms with E-state index in [2.05, 4.69) is 111 Å². The van der Waals surface area contributed by atoms with Crippen LogP contribution in [0.25, 0.3) is 0 Å². The number of carbonyl (C=O) groups is 2. The summed E-state index contributed by atoms with van der Waals surface area (Å²) in [5.74, 6) is -0.555. The molecule has 0 saturated carbocycles. The van der Waals surface area contributed by atoms with Gasteiger partial charge in [0, 0.05) is 6.42 Å². The van der Waals surface area contributed by atoms with Gasteiger partial charge in [0.15, 0.2) is 0 Å². The number of allylic oxidation sites excluding steroid dienone is 14. The zero-order valence-electron chi connectivity index (χ0n) is 41.2. The molecular weight excluding hydrogens is 779 g/mol. The number of aliphatic hydroxyl groups excluding tert-OH is 2. The average Bonchev–Trinajstić information content (AvgIpc) is 3.28. The van der Waals surface area contributed by atoms with Gasteiger partial charge in [0.1, 0.15) is 6.10 Å². The molecule has 6 heteroatoms. The Morgan fingerprint density at radius 1 is 0.492 bits per heavy atom. The number of unbranched alkanes of at least 4 members (excludes halogenated alkanes) is 22. The third kappa shape index (κ3) is 45.4. The lowest BCUT2D eigenvalue weighted by atomic mass is 10.0. The zero-order valence-corrected chi connectivity index (χ0v) is 41.2. The molecule has 0 spiro atoms. The summed E-state index contributed by atoms with van der Waals surface area (Å²) in [5.41, 5.74) is 0. The van der Waals surface area contributed by atoms with Crippen molar-refractivity contribution in [2.75, 3.05) is 6.61 Å². The largest absolute Gasteiger partial charge is 0.462 e. The Morgan fingerprint density at radius 2 is 0.937 bits per heavy atom. The molecular formula is C57H99NO5. The second kappa shape index (κ2) is 50.0. The SMILES string of the molecule is CC/C=C/C/C=C/C/C=C/C/C=C/CCCC(CC(=O)NC(CO)C(O)CCCCCCCCCCCCCC)OC(=O)CCCCCCC/C=C/C=C/C=C/CCCCCCC. The smallest absolute Gasteiger partial charge is 0.306 e. The average molecular weight is 878 g/mol. The van der Waals surface area contributed by atoms with E-state index in [1.54, 1.807) is 0 Å². The summed E-state index contributed by atoms with van der Waals surface area (Å²) in [4.78, 5) is 26.2. The van der Waals surface area contributed by atoms with Crippen molar-refractivity contribution in [1.82, 2.24) is 5.32 Å². The molecule has 362 valence electrons. The first-order valence-electron chi connectivity index (χ1n) is 26.3. The van der Waals surface area contributed by atoms with Crippen LogP contribution in [0.15, 0.2) is 85.1 Å². The van der Waals surface area contributed by atoms with Crippen LogP contribution in [-0.2, 0) is 14.3 Å². The number of aliphatic hydroxyl groups is 2. The highest BCUT2D eigenvalue weighted by molar-refractivity contribution is 5.77. The minimum absolute atomic E-state index is 0.0277. The van der Waals surface area contributed by atoms with Gasteiger partial charge < -0.3 is 20.3 Å². The van der Waals surface area contributed by atoms with Crippen LogP contribution in [0.3, 0.4) is 0 Å². The van der Waals surface area contributed by atoms with E-state index in [1.165, 1.54) is 89.9 Å². The molecule has 0 aliphatic rings. The molecule has 3 unspecified atom stereocenters. The van der Waals surface area contributed by atoms with Gasteiger partial charge in [-0.2, -0.15) is 0 Å². The van der Waals surface area contributed by atoms with Crippen LogP contribution in [0, 0.1) is 0 Å². The van der Waals surface area contributed by atoms with Crippen molar-refractivity contribution in [1.29, 1.82) is 0 Å². The van der Waals surface area contributed by atoms with Gasteiger partial charge in [-0.05, 0) is 83.5 Å². The van der Waals surface area contributed by atoms with Gasteiger partial charge in [0.05, 0.1) is 25.2 Å². The third-order valence-electron chi connectivity index (χ3n) is 11.5. The van der Waals surface area contributed by atoms with E-state index in [4.69, 9.17) is 4.74 Å². The van der Waals surface area contributed by atoms with Crippen LogP contribution in [0.5, 0.6) is 0 Å². The Balaban J connectivity index is 4.70. The predicted molar refractivity (Wildman–Crippen MR) is 273 cm³/mol. The second-order valence-electron chi connectivity index (χ2n) is 17.6. The lowest BCUT2D eigenvalue weighted by molar-refractivity contribution is -0.151. The Hall–Kier alpha value is -2.96. The van der Waals surface area contributed by atoms with Gasteiger partial charge in [-0.3, -0.25) is 9.59 Å². The molecule has 0 bridgehead atoms. The summed E-state index contributed by atoms with van der Waals surface area (Å²) >= 11 is 0. The Kier molecular flexibility index (Phi) is 47.7. The predicted octanol–water partition coefficient (Wildman–Crippen LogP) is 16.0. The maximum Gasteiger partial charge on any atom is 0.306 e. The van der Waals surface area contributed by atoms with Crippen molar-refractivity contribution in [3.05, 3.63) is 85.1 Å². The molecule has 1 amide bonds. The molecule has 3 atom stereocenters. The maximum absolute atomic E-state index is 13.2. The molecule has 63 heavy (non-hydrogen) atoms. The zero-order chi connectivity index (χ0) is 45.9. The first kappa shape index (κ1) is 60.0. The number of ether oxygens (including phenoxy) is 1. The molecule has 0 aliphatic carbocycles. The van der Waals surface area contributed by atoms with Gasteiger partial charge in [0.25, 0.3) is 0 Å². The normalized spacial score (nSPS) is 13.9. The number of nitrogens with one attached hydrogen (secondary N) is 1. The highest BCUT2D eigenvalue weighted by Gasteiger charge is 2.24. The fourth-order valence-electron chi connectivity index (χ4n) is 7.55. The molecule has 0 fully saturated rings. The minimum atomic E-state index is -0.809. The van der Waals surface area contributed by atoms with Crippen LogP contribution in [0.2, 0.25) is 0 Å². The van der Waals surface area contributed by atoms with Crippen LogP contribution in [0.1, 0.15) is 239 Å². The summed E-state index contributed by atoms with van der Waals surface area (Å²) in [6, 6.07) is -0.727. The molecule has 3 N–H and O–H groups in total. The third-order valence-corrected chi connectivity index (χ3v) is 11.5. The van der Waals surface area contributed by atoms with Gasteiger partial charge in [-0.15, -0.1) is 0 Å². The van der Waals surface area contributed by atoms with Gasteiger partial charge in [-0.25, -0.2) is 0 Å². The molecule has 0 radical (unpaired) electrons. The summed E-state index contributed by atoms with van der Waals surface area (Å²) in [6.07, 6.45) is 65.0. The fourth-order valence-corrected chi connectivity index (χ4v) is 7.55. The lowest BCUT2D eigenvalue weighted by Crippen LogP contribution is -2.46. The van der Waals surface area contributed by atoms with Crippen molar-refractivity contribution in [2.24, 2.45) is 0 Å². The number of hydrogen-bond donors (Lipinski definition) is 3. The van der Waals surface area contributed by atoms with Crippen LogP contribution in [-0.4, -0.2) is 46.9 Å². The molecule has 0 saturated heterocycles. The Labute approximate surface area is 389 Å². The lowest BCUT2D eigenvalue weighted by Gasteiger charge is -2.24. The van der Waals surface area contributed by atoms with E-state index in [1.807, 2.05) is 0 Å². The summed E-state index contributed by atoms with van der Waals surface area (Å²) in [5, 5.41) is 23.7. The molecule has 0 rings (SSSR count). The van der Waals surface area contributed by atoms with E-state index in [0.29, 0.717) is 19.3 Å². The summed E-state index contributed by atoms with van der Waals surface area (Å²) < 4.78 is 5.90. The van der Waals surface area contributed by atoms with Crippen molar-refractivity contribution >= 4 is 11.9 Å². The summed E-state index contributed by atoms with van der Waals surface area (Å²) in [7, 11) is 0. The molecule has 0 heterocycles. The van der Waals surface area contributed by atoms with E-state index in [9.17, 15) is 19.8 Å². The Morgan fingerprint density at radius 3 is 1.44 bits per heavy atom. The molecule has 0 aromatic carbocycles. The van der Waals surface area contributed by atoms with Crippen LogP contribution >= 0.6 is 0 Å². The monoisotopic (exact) mass is 878 g/mol. The number of amides is 1. The molecule has 0 aromatic rings. The van der Waals surface area contributed by atoms with Crippen molar-refractivity contribution < 1.29 is 24.5 Å². The van der Waals surface area contributed by atoms with Crippen molar-refractivity contribution in [2.45, 2.75) is 257 Å². The number of carbonyl (C=O) groups excluding carboxylic acids is 2. The van der Waals surface area contributed by atoms with E-state index in [-0.39, 0.29) is 24.9 Å². The van der Waals surface area contributed by atoms with E-state index < -0.39 is 18.2 Å². The van der Waals surface area contributed by atoms with Crippen molar-refractivity contribution in [3.8, 4) is 0 Å². The quantitative estimate of drug-likeness (QED) is 0.0245. The standard InChI is InChI=1S/C57H99NO5/c1-4-7-10-13-16-19-22-25-27-28-29-30-32-35-38-41-44-47-50-57(62)63-53(48-45-42-39-36-33-31-26-23-20-17-14-11-8-5-2)51-56(61)58-54(52-59)55(60)49-46-43-40-37-34-24-21-18-15-12-9-6-3/h8,11,17,20,22,25-31,36,39,53-55,59-60H,4-7,9-10,12-16,18-19,21,23-24,32-35,37-38,40-52H2,1-3H3,(H,58,61)/b11-8+,20-17+,25-22+,28-27+,30-29+,31-26+,39-36+. The fraction of sp³-hybridized carbons (Fsp3) is 0.719. The number of rotatable bonds is 46. The Bertz CT molecular complexity index is 1210. The minimum Gasteiger partial charge on any atom is -0.462 e. The van der Waals surface area contributed by atoms with Gasteiger partial charge in [-0.1, -0.05) is 228 Å². The summed E-state index contributed by atoms with van der Waals surface area (Å²) in [6.45, 7) is 6.33.